The van der Waals surface area contributed by atoms with Crippen LogP contribution in [0.2, 0.25) is 0 Å². The molecule has 0 spiro atoms. The topological polar surface area (TPSA) is 80.3 Å². The fourth-order valence-corrected chi connectivity index (χ4v) is 0.829. The van der Waals surface area contributed by atoms with Crippen molar-refractivity contribution in [2.75, 3.05) is 13.1 Å². The van der Waals surface area contributed by atoms with Crippen LogP contribution in [0.4, 0.5) is 4.79 Å². The Bertz CT molecular complexity index is 246. The Morgan fingerprint density at radius 3 is 3.00 bits per heavy atom. The molecule has 0 saturated heterocycles. The van der Waals surface area contributed by atoms with Gasteiger partial charge in [0.25, 0.3) is 0 Å². The van der Waals surface area contributed by atoms with Crippen LogP contribution in [0.5, 0.6) is 0 Å². The van der Waals surface area contributed by atoms with E-state index in [1.165, 1.54) is 0 Å². The van der Waals surface area contributed by atoms with E-state index in [1.54, 1.807) is 18.4 Å². The molecule has 0 fully saturated rings. The third-order valence-corrected chi connectivity index (χ3v) is 1.43. The van der Waals surface area contributed by atoms with Crippen molar-refractivity contribution < 1.29 is 9.21 Å². The lowest BCUT2D eigenvalue weighted by Gasteiger charge is -2.03. The van der Waals surface area contributed by atoms with E-state index in [0.717, 1.165) is 5.76 Å². The maximum Gasteiger partial charge on any atom is 0.315 e. The van der Waals surface area contributed by atoms with Crippen LogP contribution < -0.4 is 16.4 Å². The summed E-state index contributed by atoms with van der Waals surface area (Å²) in [6, 6.07) is 3.33. The number of urea groups is 1. The van der Waals surface area contributed by atoms with E-state index in [0.29, 0.717) is 19.6 Å². The van der Waals surface area contributed by atoms with Crippen LogP contribution in [-0.2, 0) is 6.54 Å². The monoisotopic (exact) mass is 183 g/mol. The maximum atomic E-state index is 11.0. The number of carbonyl (C=O) groups excluding carboxylic acids is 1. The van der Waals surface area contributed by atoms with Crippen LogP contribution in [0, 0.1) is 0 Å². The molecule has 0 aliphatic rings. The highest BCUT2D eigenvalue weighted by Gasteiger charge is 1.99. The molecule has 4 N–H and O–H groups in total. The van der Waals surface area contributed by atoms with E-state index in [2.05, 4.69) is 10.6 Å². The first-order valence-corrected chi connectivity index (χ1v) is 4.07. The van der Waals surface area contributed by atoms with Gasteiger partial charge in [-0.05, 0) is 12.1 Å². The second kappa shape index (κ2) is 5.21. The normalized spacial score (nSPS) is 9.62. The fraction of sp³-hybridized carbons (Fsp3) is 0.375. The number of nitrogens with two attached hydrogens (primary N) is 1. The number of nitrogens with one attached hydrogen (secondary N) is 2. The highest BCUT2D eigenvalue weighted by Crippen LogP contribution is 1.97. The maximum absolute atomic E-state index is 11.0. The molecule has 13 heavy (non-hydrogen) atoms. The van der Waals surface area contributed by atoms with Gasteiger partial charge in [-0.1, -0.05) is 0 Å². The second-order valence-electron chi connectivity index (χ2n) is 2.48. The molecule has 1 heterocycles. The summed E-state index contributed by atoms with van der Waals surface area (Å²) in [6.07, 6.45) is 1.56. The predicted molar refractivity (Wildman–Crippen MR) is 48.0 cm³/mol. The molecular formula is C8H13N3O2. The first-order chi connectivity index (χ1) is 6.33. The number of hydrogen-bond donors (Lipinski definition) is 3. The first kappa shape index (κ1) is 9.60. The molecule has 0 bridgehead atoms. The summed E-state index contributed by atoms with van der Waals surface area (Å²) in [5.74, 6) is 0.725. The number of hydrogen-bond acceptors (Lipinski definition) is 3. The van der Waals surface area contributed by atoms with Gasteiger partial charge in [0, 0.05) is 13.1 Å². The van der Waals surface area contributed by atoms with Crippen molar-refractivity contribution in [3.05, 3.63) is 24.2 Å². The van der Waals surface area contributed by atoms with E-state index in [1.807, 2.05) is 0 Å². The van der Waals surface area contributed by atoms with Crippen LogP contribution >= 0.6 is 0 Å². The van der Waals surface area contributed by atoms with Crippen molar-refractivity contribution in [2.24, 2.45) is 5.73 Å². The molecule has 1 aromatic heterocycles. The molecule has 72 valence electrons. The number of furan rings is 1. The van der Waals surface area contributed by atoms with Gasteiger partial charge in [0.15, 0.2) is 0 Å². The average molecular weight is 183 g/mol. The number of carbonyl (C=O) groups is 1. The Morgan fingerprint density at radius 1 is 1.54 bits per heavy atom. The van der Waals surface area contributed by atoms with Gasteiger partial charge in [0.05, 0.1) is 12.8 Å². The van der Waals surface area contributed by atoms with Gasteiger partial charge in [0.2, 0.25) is 0 Å². The van der Waals surface area contributed by atoms with Crippen molar-refractivity contribution >= 4 is 6.03 Å². The number of amides is 2. The van der Waals surface area contributed by atoms with E-state index in [4.69, 9.17) is 10.2 Å². The van der Waals surface area contributed by atoms with Gasteiger partial charge < -0.3 is 20.8 Å². The van der Waals surface area contributed by atoms with E-state index < -0.39 is 0 Å². The zero-order chi connectivity index (χ0) is 9.52. The lowest BCUT2D eigenvalue weighted by molar-refractivity contribution is 0.240. The lowest BCUT2D eigenvalue weighted by Crippen LogP contribution is -2.37. The molecule has 2 amide bonds. The smallest absolute Gasteiger partial charge is 0.315 e. The Labute approximate surface area is 76.3 Å². The summed E-state index contributed by atoms with van der Waals surface area (Å²) in [5, 5.41) is 5.20. The second-order valence-corrected chi connectivity index (χ2v) is 2.48. The van der Waals surface area contributed by atoms with Crippen molar-refractivity contribution in [1.29, 1.82) is 0 Å². The quantitative estimate of drug-likeness (QED) is 0.616. The lowest BCUT2D eigenvalue weighted by atomic mass is 10.4. The van der Waals surface area contributed by atoms with Gasteiger partial charge in [-0.25, -0.2) is 4.79 Å². The van der Waals surface area contributed by atoms with Gasteiger partial charge in [-0.2, -0.15) is 0 Å². The van der Waals surface area contributed by atoms with Crippen molar-refractivity contribution in [2.45, 2.75) is 6.54 Å². The molecule has 0 aliphatic heterocycles. The average Bonchev–Trinajstić information content (AvgIpc) is 2.64. The Balaban J connectivity index is 2.15. The minimum atomic E-state index is -0.234. The van der Waals surface area contributed by atoms with Crippen molar-refractivity contribution in [3.8, 4) is 0 Å². The van der Waals surface area contributed by atoms with Gasteiger partial charge in [-0.3, -0.25) is 0 Å². The highest BCUT2D eigenvalue weighted by molar-refractivity contribution is 5.73. The molecule has 0 saturated carbocycles. The van der Waals surface area contributed by atoms with Crippen LogP contribution in [0.25, 0.3) is 0 Å². The molecular weight excluding hydrogens is 170 g/mol. The van der Waals surface area contributed by atoms with E-state index in [-0.39, 0.29) is 6.03 Å². The zero-order valence-electron chi connectivity index (χ0n) is 7.25. The third-order valence-electron chi connectivity index (χ3n) is 1.43. The van der Waals surface area contributed by atoms with Gasteiger partial charge >= 0.3 is 6.03 Å². The molecule has 1 aromatic rings. The standard InChI is InChI=1S/C8H13N3O2/c9-3-4-10-8(12)11-6-7-2-1-5-13-7/h1-2,5H,3-4,6,9H2,(H2,10,11,12). The largest absolute Gasteiger partial charge is 0.467 e. The summed E-state index contributed by atoms with van der Waals surface area (Å²) < 4.78 is 5.02. The summed E-state index contributed by atoms with van der Waals surface area (Å²) in [6.45, 7) is 1.31. The summed E-state index contributed by atoms with van der Waals surface area (Å²) in [5.41, 5.74) is 5.21. The molecule has 0 aromatic carbocycles. The van der Waals surface area contributed by atoms with Gasteiger partial charge in [-0.15, -0.1) is 0 Å². The number of rotatable bonds is 4. The molecule has 0 aliphatic carbocycles. The fourth-order valence-electron chi connectivity index (χ4n) is 0.829. The highest BCUT2D eigenvalue weighted by atomic mass is 16.3. The third kappa shape index (κ3) is 3.62. The molecule has 5 nitrogen and oxygen atoms in total. The summed E-state index contributed by atoms with van der Waals surface area (Å²) >= 11 is 0. The Morgan fingerprint density at radius 2 is 2.38 bits per heavy atom. The van der Waals surface area contributed by atoms with Crippen molar-refractivity contribution in [1.82, 2.24) is 10.6 Å². The SMILES string of the molecule is NCCNC(=O)NCc1ccco1. The first-order valence-electron chi connectivity index (χ1n) is 4.07. The Hall–Kier alpha value is -1.49. The van der Waals surface area contributed by atoms with Crippen LogP contribution in [0.1, 0.15) is 5.76 Å². The molecule has 0 atom stereocenters. The molecule has 0 radical (unpaired) electrons. The summed E-state index contributed by atoms with van der Waals surface area (Å²) in [4.78, 5) is 11.0. The molecule has 0 unspecified atom stereocenters. The minimum absolute atomic E-state index is 0.234. The van der Waals surface area contributed by atoms with Gasteiger partial charge in [0.1, 0.15) is 5.76 Å². The van der Waals surface area contributed by atoms with E-state index in [9.17, 15) is 4.79 Å². The minimum Gasteiger partial charge on any atom is -0.467 e. The van der Waals surface area contributed by atoms with E-state index >= 15 is 0 Å². The summed E-state index contributed by atoms with van der Waals surface area (Å²) in [7, 11) is 0. The van der Waals surface area contributed by atoms with Crippen molar-refractivity contribution in [3.63, 3.8) is 0 Å². The van der Waals surface area contributed by atoms with Crippen LogP contribution in [-0.4, -0.2) is 19.1 Å². The molecule has 5 heteroatoms. The Kier molecular flexibility index (Phi) is 3.84. The zero-order valence-corrected chi connectivity index (χ0v) is 7.25. The van der Waals surface area contributed by atoms with Crippen LogP contribution in [0.15, 0.2) is 22.8 Å². The van der Waals surface area contributed by atoms with Crippen LogP contribution in [0.3, 0.4) is 0 Å². The predicted octanol–water partition coefficient (Wildman–Crippen LogP) is 0.0375. The molecule has 1 rings (SSSR count).